The van der Waals surface area contributed by atoms with Crippen molar-refractivity contribution in [3.8, 4) is 5.69 Å². The number of ether oxygens (including phenoxy) is 1. The Bertz CT molecular complexity index is 886. The fourth-order valence-electron chi connectivity index (χ4n) is 3.79. The minimum absolute atomic E-state index is 0.0312. The van der Waals surface area contributed by atoms with Crippen LogP contribution >= 0.6 is 0 Å². The Morgan fingerprint density at radius 1 is 1.23 bits per heavy atom. The molecule has 2 heterocycles. The van der Waals surface area contributed by atoms with Crippen LogP contribution in [0.4, 0.5) is 4.79 Å². The molecule has 162 valence electrons. The van der Waals surface area contributed by atoms with Crippen LogP contribution in [0.15, 0.2) is 36.5 Å². The summed E-state index contributed by atoms with van der Waals surface area (Å²) in [5.41, 5.74) is 1.92. The van der Waals surface area contributed by atoms with Gasteiger partial charge in [0, 0.05) is 20.1 Å². The van der Waals surface area contributed by atoms with E-state index in [1.165, 1.54) is 0 Å². The molecule has 7 heteroatoms. The first kappa shape index (κ1) is 21.9. The largest absolute Gasteiger partial charge is 0.444 e. The van der Waals surface area contributed by atoms with Crippen molar-refractivity contribution in [1.82, 2.24) is 19.6 Å². The minimum Gasteiger partial charge on any atom is -0.444 e. The quantitative estimate of drug-likeness (QED) is 0.764. The van der Waals surface area contributed by atoms with Crippen molar-refractivity contribution in [3.05, 3.63) is 47.8 Å². The molecule has 1 aromatic carbocycles. The second-order valence-corrected chi connectivity index (χ2v) is 8.74. The molecule has 0 N–H and O–H groups in total. The molecule has 0 radical (unpaired) electrons. The van der Waals surface area contributed by atoms with Gasteiger partial charge in [0.2, 0.25) is 0 Å². The van der Waals surface area contributed by atoms with Gasteiger partial charge in [-0.2, -0.15) is 5.10 Å². The number of rotatable bonds is 4. The molecule has 0 unspecified atom stereocenters. The molecule has 3 rings (SSSR count). The highest BCUT2D eigenvalue weighted by molar-refractivity contribution is 5.95. The van der Waals surface area contributed by atoms with Gasteiger partial charge in [0.15, 0.2) is 0 Å². The summed E-state index contributed by atoms with van der Waals surface area (Å²) < 4.78 is 7.33. The van der Waals surface area contributed by atoms with Crippen molar-refractivity contribution in [2.24, 2.45) is 0 Å². The van der Waals surface area contributed by atoms with Crippen molar-refractivity contribution in [2.45, 2.75) is 58.6 Å². The third-order valence-corrected chi connectivity index (χ3v) is 5.35. The molecular weight excluding hydrogens is 380 g/mol. The first-order chi connectivity index (χ1) is 14.2. The number of carbonyl (C=O) groups is 2. The zero-order valence-corrected chi connectivity index (χ0v) is 18.6. The van der Waals surface area contributed by atoms with Gasteiger partial charge in [-0.05, 0) is 52.2 Å². The summed E-state index contributed by atoms with van der Waals surface area (Å²) in [7, 11) is 1.75. The molecule has 1 aliphatic rings. The molecule has 1 fully saturated rings. The lowest BCUT2D eigenvalue weighted by Crippen LogP contribution is -2.51. The van der Waals surface area contributed by atoms with Gasteiger partial charge in [0.25, 0.3) is 5.91 Å². The number of amides is 2. The first-order valence-electron chi connectivity index (χ1n) is 10.6. The zero-order valence-electron chi connectivity index (χ0n) is 18.6. The van der Waals surface area contributed by atoms with Gasteiger partial charge in [0.05, 0.1) is 29.2 Å². The molecule has 1 saturated heterocycles. The van der Waals surface area contributed by atoms with Crippen LogP contribution in [0.5, 0.6) is 0 Å². The number of carbonyl (C=O) groups excluding carboxylic acids is 2. The van der Waals surface area contributed by atoms with E-state index in [-0.39, 0.29) is 18.0 Å². The number of para-hydroxylation sites is 1. The Morgan fingerprint density at radius 3 is 2.57 bits per heavy atom. The molecule has 2 amide bonds. The van der Waals surface area contributed by atoms with Crippen molar-refractivity contribution in [3.63, 3.8) is 0 Å². The van der Waals surface area contributed by atoms with Crippen LogP contribution in [0, 0.1) is 0 Å². The molecule has 0 spiro atoms. The molecule has 7 nitrogen and oxygen atoms in total. The van der Waals surface area contributed by atoms with Crippen molar-refractivity contribution in [1.29, 1.82) is 0 Å². The van der Waals surface area contributed by atoms with Gasteiger partial charge in [-0.1, -0.05) is 25.1 Å². The Kier molecular flexibility index (Phi) is 6.48. The van der Waals surface area contributed by atoms with Gasteiger partial charge in [-0.15, -0.1) is 0 Å². The van der Waals surface area contributed by atoms with Crippen LogP contribution < -0.4 is 0 Å². The van der Waals surface area contributed by atoms with E-state index in [0.717, 1.165) is 24.2 Å². The molecule has 1 aliphatic heterocycles. The zero-order chi connectivity index (χ0) is 21.9. The number of nitrogens with zero attached hydrogens (tertiary/aromatic N) is 4. The molecule has 2 aromatic rings. The van der Waals surface area contributed by atoms with E-state index in [1.54, 1.807) is 18.1 Å². The SMILES string of the molecule is CCc1c(C(=O)N2CCC[C@H](N(C)C(=O)OC(C)(C)C)C2)cnn1-c1ccccc1. The smallest absolute Gasteiger partial charge is 0.410 e. The fraction of sp³-hybridized carbons (Fsp3) is 0.522. The fourth-order valence-corrected chi connectivity index (χ4v) is 3.79. The topological polar surface area (TPSA) is 67.7 Å². The van der Waals surface area contributed by atoms with Gasteiger partial charge < -0.3 is 14.5 Å². The lowest BCUT2D eigenvalue weighted by molar-refractivity contribution is 0.0131. The third kappa shape index (κ3) is 4.83. The van der Waals surface area contributed by atoms with Crippen LogP contribution in [0.25, 0.3) is 5.69 Å². The molecular formula is C23H32N4O3. The van der Waals surface area contributed by atoms with Crippen molar-refractivity contribution >= 4 is 12.0 Å². The average Bonchev–Trinajstić information content (AvgIpc) is 3.16. The Hall–Kier alpha value is -2.83. The van der Waals surface area contributed by atoms with Crippen molar-refractivity contribution < 1.29 is 14.3 Å². The van der Waals surface area contributed by atoms with Crippen LogP contribution in [0.1, 0.15) is 56.6 Å². The van der Waals surface area contributed by atoms with Crippen LogP contribution in [0.3, 0.4) is 0 Å². The summed E-state index contributed by atoms with van der Waals surface area (Å²) in [6.07, 6.45) is 3.70. The van der Waals surface area contributed by atoms with Crippen LogP contribution in [-0.4, -0.2) is 63.4 Å². The highest BCUT2D eigenvalue weighted by Gasteiger charge is 2.32. The minimum atomic E-state index is -0.544. The van der Waals surface area contributed by atoms with Gasteiger partial charge >= 0.3 is 6.09 Å². The molecule has 1 aromatic heterocycles. The molecule has 1 atom stereocenters. The van der Waals surface area contributed by atoms with Gasteiger partial charge in [-0.25, -0.2) is 9.48 Å². The second-order valence-electron chi connectivity index (χ2n) is 8.74. The highest BCUT2D eigenvalue weighted by atomic mass is 16.6. The molecule has 0 bridgehead atoms. The Balaban J connectivity index is 1.76. The normalized spacial score (nSPS) is 17.0. The number of benzene rings is 1. The number of likely N-dealkylation sites (N-methyl/N-ethyl adjacent to an activating group) is 1. The van der Waals surface area contributed by atoms with E-state index in [1.807, 2.05) is 67.6 Å². The summed E-state index contributed by atoms with van der Waals surface area (Å²) >= 11 is 0. The maximum atomic E-state index is 13.3. The maximum Gasteiger partial charge on any atom is 0.410 e. The predicted molar refractivity (Wildman–Crippen MR) is 116 cm³/mol. The van der Waals surface area contributed by atoms with E-state index in [2.05, 4.69) is 5.10 Å². The van der Waals surface area contributed by atoms with E-state index in [0.29, 0.717) is 25.1 Å². The number of likely N-dealkylation sites (tertiary alicyclic amines) is 1. The van der Waals surface area contributed by atoms with Gasteiger partial charge in [0.1, 0.15) is 5.60 Å². The standard InChI is InChI=1S/C23H32N4O3/c1-6-20-19(15-24-27(20)17-11-8-7-9-12-17)21(28)26-14-10-13-18(16-26)25(5)22(29)30-23(2,3)4/h7-9,11-12,15,18H,6,10,13-14,16H2,1-5H3/t18-/m0/s1. The second kappa shape index (κ2) is 8.90. The average molecular weight is 413 g/mol. The summed E-state index contributed by atoms with van der Waals surface area (Å²) in [4.78, 5) is 29.2. The number of hydrogen-bond donors (Lipinski definition) is 0. The van der Waals surface area contributed by atoms with Crippen molar-refractivity contribution in [2.75, 3.05) is 20.1 Å². The highest BCUT2D eigenvalue weighted by Crippen LogP contribution is 2.22. The maximum absolute atomic E-state index is 13.3. The number of hydrogen-bond acceptors (Lipinski definition) is 4. The summed E-state index contributed by atoms with van der Waals surface area (Å²) in [6.45, 7) is 8.76. The van der Waals surface area contributed by atoms with E-state index in [4.69, 9.17) is 4.74 Å². The van der Waals surface area contributed by atoms with E-state index in [9.17, 15) is 9.59 Å². The summed E-state index contributed by atoms with van der Waals surface area (Å²) in [5, 5.41) is 4.48. The number of piperidine rings is 1. The molecule has 0 saturated carbocycles. The molecule has 0 aliphatic carbocycles. The third-order valence-electron chi connectivity index (χ3n) is 5.35. The van der Waals surface area contributed by atoms with E-state index >= 15 is 0 Å². The first-order valence-corrected chi connectivity index (χ1v) is 10.6. The number of aromatic nitrogens is 2. The Morgan fingerprint density at radius 2 is 1.93 bits per heavy atom. The Labute approximate surface area is 178 Å². The summed E-state index contributed by atoms with van der Waals surface area (Å²) in [5.74, 6) is -0.0312. The monoisotopic (exact) mass is 412 g/mol. The van der Waals surface area contributed by atoms with Crippen LogP contribution in [-0.2, 0) is 11.2 Å². The van der Waals surface area contributed by atoms with Crippen LogP contribution in [0.2, 0.25) is 0 Å². The lowest BCUT2D eigenvalue weighted by atomic mass is 10.0. The summed E-state index contributed by atoms with van der Waals surface area (Å²) in [6, 6.07) is 9.77. The molecule has 30 heavy (non-hydrogen) atoms. The predicted octanol–water partition coefficient (Wildman–Crippen LogP) is 3.91. The van der Waals surface area contributed by atoms with E-state index < -0.39 is 5.60 Å². The lowest BCUT2D eigenvalue weighted by Gasteiger charge is -2.38. The van der Waals surface area contributed by atoms with Gasteiger partial charge in [-0.3, -0.25) is 4.79 Å².